The minimum atomic E-state index is -0.944. The predicted molar refractivity (Wildman–Crippen MR) is 160 cm³/mol. The van der Waals surface area contributed by atoms with Crippen LogP contribution < -0.4 is 0 Å². The van der Waals surface area contributed by atoms with Crippen LogP contribution in [0.1, 0.15) is 57.9 Å². The van der Waals surface area contributed by atoms with Crippen molar-refractivity contribution in [2.45, 2.75) is 58.5 Å². The van der Waals surface area contributed by atoms with Crippen LogP contribution in [0.3, 0.4) is 0 Å². The zero-order chi connectivity index (χ0) is 26.2. The number of hydrogen-bond acceptors (Lipinski definition) is 3. The molecule has 0 saturated heterocycles. The molecule has 2 fully saturated rings. The van der Waals surface area contributed by atoms with Crippen molar-refractivity contribution in [3.05, 3.63) is 94.6 Å². The lowest BCUT2D eigenvalue weighted by molar-refractivity contribution is -0.149. The van der Waals surface area contributed by atoms with E-state index in [0.717, 1.165) is 16.4 Å². The fourth-order valence-electron chi connectivity index (χ4n) is 6.63. The average molecular weight is 607 g/mol. The van der Waals surface area contributed by atoms with Crippen LogP contribution >= 0.6 is 20.7 Å². The molecule has 4 heteroatoms. The Morgan fingerprint density at radius 1 is 1.00 bits per heavy atom. The van der Waals surface area contributed by atoms with Crippen molar-refractivity contribution in [2.24, 2.45) is 16.7 Å². The number of carbonyl (C=O) groups is 2. The highest BCUT2D eigenvalue weighted by atomic mass is 127. The molecule has 0 aromatic heterocycles. The van der Waals surface area contributed by atoms with Crippen LogP contribution in [0, 0.1) is 20.3 Å². The van der Waals surface area contributed by atoms with Gasteiger partial charge in [-0.2, -0.15) is 0 Å². The smallest absolute Gasteiger partial charge is 0.347 e. The standard InChI is InChI=1S/C33H35IO3/c1-5-6-16-27(35)29(34-25-14-8-7-9-15-25)31(36)37-30-28(26-19-20-33(30,4)32(26,2)3)24-18-17-22-12-10-11-13-23(22)21-24/h5,7-15,17-18,21,26,28,30H,1,6,16,19-20H2,2-4H3/t26-,28-,30-,33+/m1/s1. The Bertz CT molecular complexity index is 1370. The quantitative estimate of drug-likeness (QED) is 0.114. The van der Waals surface area contributed by atoms with E-state index in [1.165, 1.54) is 16.3 Å². The summed E-state index contributed by atoms with van der Waals surface area (Å²) in [6.07, 6.45) is 4.48. The van der Waals surface area contributed by atoms with E-state index in [0.29, 0.717) is 22.3 Å². The number of halogens is 1. The number of ketones is 1. The first-order chi connectivity index (χ1) is 17.8. The van der Waals surface area contributed by atoms with Crippen molar-refractivity contribution in [2.75, 3.05) is 0 Å². The minimum Gasteiger partial charge on any atom is -0.457 e. The molecule has 0 unspecified atom stereocenters. The predicted octanol–water partition coefficient (Wildman–Crippen LogP) is 7.84. The van der Waals surface area contributed by atoms with Crippen molar-refractivity contribution in [1.82, 2.24) is 0 Å². The third-order valence-corrected chi connectivity index (χ3v) is 12.0. The fraction of sp³-hybridized carbons (Fsp3) is 0.364. The lowest BCUT2D eigenvalue weighted by Gasteiger charge is -2.39. The van der Waals surface area contributed by atoms with Crippen LogP contribution in [-0.4, -0.2) is 21.4 Å². The van der Waals surface area contributed by atoms with Crippen molar-refractivity contribution >= 4 is 46.8 Å². The van der Waals surface area contributed by atoms with Crippen LogP contribution in [0.25, 0.3) is 10.8 Å². The SMILES string of the molecule is C=CCCC(=O)C(=Ic1ccccc1)C(=O)O[C@@H]1[C@H](c2ccc3ccccc3c2)[C@H]2CC[C@]1(C)C2(C)C. The van der Waals surface area contributed by atoms with Gasteiger partial charge in [0.25, 0.3) is 0 Å². The summed E-state index contributed by atoms with van der Waals surface area (Å²) in [5.41, 5.74) is 1.11. The molecule has 37 heavy (non-hydrogen) atoms. The van der Waals surface area contributed by atoms with E-state index in [-0.39, 0.29) is 28.6 Å². The molecular weight excluding hydrogens is 571 g/mol. The van der Waals surface area contributed by atoms with Gasteiger partial charge in [0.2, 0.25) is 0 Å². The molecule has 0 N–H and O–H groups in total. The molecule has 0 aliphatic heterocycles. The number of hydrogen-bond donors (Lipinski definition) is 0. The van der Waals surface area contributed by atoms with E-state index < -0.39 is 26.7 Å². The average Bonchev–Trinajstić information content (AvgIpc) is 3.23. The number of benzene rings is 3. The monoisotopic (exact) mass is 606 g/mol. The Kier molecular flexibility index (Phi) is 7.23. The van der Waals surface area contributed by atoms with Gasteiger partial charge in [0, 0.05) is 21.3 Å². The Morgan fingerprint density at radius 2 is 1.70 bits per heavy atom. The van der Waals surface area contributed by atoms with Gasteiger partial charge in [-0.1, -0.05) is 108 Å². The van der Waals surface area contributed by atoms with Gasteiger partial charge in [-0.3, -0.25) is 4.79 Å². The largest absolute Gasteiger partial charge is 0.457 e. The van der Waals surface area contributed by atoms with Crippen molar-refractivity contribution < 1.29 is 14.3 Å². The third kappa shape index (κ3) is 4.62. The van der Waals surface area contributed by atoms with Crippen molar-refractivity contribution in [3.63, 3.8) is 0 Å². The van der Waals surface area contributed by atoms with E-state index in [9.17, 15) is 9.59 Å². The summed E-state index contributed by atoms with van der Waals surface area (Å²) in [4.78, 5) is 27.1. The highest BCUT2D eigenvalue weighted by molar-refractivity contribution is 14.2. The van der Waals surface area contributed by atoms with Crippen LogP contribution in [0.5, 0.6) is 0 Å². The van der Waals surface area contributed by atoms with Gasteiger partial charge in [-0.05, 0) is 59.1 Å². The third-order valence-electron chi connectivity index (χ3n) is 9.09. The number of rotatable bonds is 8. The van der Waals surface area contributed by atoms with Crippen LogP contribution in [-0.2, 0) is 14.3 Å². The molecule has 3 nitrogen and oxygen atoms in total. The highest BCUT2D eigenvalue weighted by Gasteiger charge is 2.68. The first-order valence-corrected chi connectivity index (χ1v) is 15.3. The first kappa shape index (κ1) is 26.0. The van der Waals surface area contributed by atoms with Gasteiger partial charge in [-0.15, -0.1) is 6.58 Å². The van der Waals surface area contributed by atoms with E-state index >= 15 is 0 Å². The summed E-state index contributed by atoms with van der Waals surface area (Å²) in [6.45, 7) is 10.7. The molecule has 4 atom stereocenters. The summed E-state index contributed by atoms with van der Waals surface area (Å²) in [6, 6.07) is 25.0. The zero-order valence-electron chi connectivity index (χ0n) is 21.9. The Hall–Kier alpha value is -2.60. The highest BCUT2D eigenvalue weighted by Crippen LogP contribution is 2.71. The number of carbonyl (C=O) groups excluding carboxylic acids is 2. The molecule has 2 aliphatic rings. The second kappa shape index (κ2) is 10.3. The molecular formula is C33H35IO3. The van der Waals surface area contributed by atoms with E-state index in [4.69, 9.17) is 4.74 Å². The summed E-state index contributed by atoms with van der Waals surface area (Å²) in [5, 5.41) is 2.42. The van der Waals surface area contributed by atoms with Gasteiger partial charge < -0.3 is 4.74 Å². The number of allylic oxidation sites excluding steroid dienone is 1. The van der Waals surface area contributed by atoms with Crippen molar-refractivity contribution in [3.8, 4) is 0 Å². The lowest BCUT2D eigenvalue weighted by Crippen LogP contribution is -2.42. The molecule has 5 rings (SSSR count). The van der Waals surface area contributed by atoms with Gasteiger partial charge >= 0.3 is 5.97 Å². The molecule has 3 aromatic carbocycles. The van der Waals surface area contributed by atoms with E-state index in [2.05, 4.69) is 69.8 Å². The molecule has 0 amide bonds. The van der Waals surface area contributed by atoms with E-state index in [1.807, 2.05) is 30.3 Å². The normalized spacial score (nSPS) is 26.5. The van der Waals surface area contributed by atoms with Gasteiger partial charge in [0.1, 0.15) is 9.61 Å². The summed E-state index contributed by atoms with van der Waals surface area (Å²) in [5.74, 6) is 0.0180. The second-order valence-electron chi connectivity index (χ2n) is 11.2. The van der Waals surface area contributed by atoms with Crippen LogP contribution in [0.15, 0.2) is 85.5 Å². The number of esters is 1. The Labute approximate surface area is 230 Å². The molecule has 192 valence electrons. The first-order valence-electron chi connectivity index (χ1n) is 13.2. The zero-order valence-corrected chi connectivity index (χ0v) is 24.0. The number of Topliss-reactive ketones (excluding diaryl/α,β-unsaturated/α-hetero) is 1. The summed E-state index contributed by atoms with van der Waals surface area (Å²) < 4.78 is 7.91. The van der Waals surface area contributed by atoms with Gasteiger partial charge in [0.05, 0.1) is 0 Å². The van der Waals surface area contributed by atoms with Crippen molar-refractivity contribution in [1.29, 1.82) is 0 Å². The van der Waals surface area contributed by atoms with Crippen LogP contribution in [0.4, 0.5) is 0 Å². The summed E-state index contributed by atoms with van der Waals surface area (Å²) >= 11 is -0.944. The molecule has 2 saturated carbocycles. The minimum absolute atomic E-state index is 0.0236. The lowest BCUT2D eigenvalue weighted by atomic mass is 9.70. The maximum absolute atomic E-state index is 13.8. The maximum Gasteiger partial charge on any atom is 0.347 e. The van der Waals surface area contributed by atoms with Crippen LogP contribution in [0.2, 0.25) is 0 Å². The molecule has 0 spiro atoms. The molecule has 0 radical (unpaired) electrons. The summed E-state index contributed by atoms with van der Waals surface area (Å²) in [7, 11) is 0. The van der Waals surface area contributed by atoms with E-state index in [1.54, 1.807) is 6.08 Å². The maximum atomic E-state index is 13.8. The molecule has 2 bridgehead atoms. The molecule has 0 heterocycles. The second-order valence-corrected chi connectivity index (χ2v) is 14.1. The fourth-order valence-corrected chi connectivity index (χ4v) is 8.95. The molecule has 3 aromatic rings. The topological polar surface area (TPSA) is 43.4 Å². The Morgan fingerprint density at radius 3 is 2.43 bits per heavy atom. The van der Waals surface area contributed by atoms with Gasteiger partial charge in [-0.25, -0.2) is 4.79 Å². The van der Waals surface area contributed by atoms with Gasteiger partial charge in [0.15, 0.2) is 5.78 Å². The number of fused-ring (bicyclic) bond motifs is 3. The number of ether oxygens (including phenoxy) is 1. The molecule has 2 aliphatic carbocycles. The Balaban J connectivity index is 1.53.